The zero-order valence-corrected chi connectivity index (χ0v) is 12.6. The van der Waals surface area contributed by atoms with Gasteiger partial charge >= 0.3 is 7.60 Å². The van der Waals surface area contributed by atoms with Crippen molar-refractivity contribution in [1.29, 1.82) is 0 Å². The molecule has 4 atom stereocenters. The van der Waals surface area contributed by atoms with E-state index in [0.29, 0.717) is 0 Å². The van der Waals surface area contributed by atoms with Crippen LogP contribution in [-0.2, 0) is 28.2 Å². The molecule has 0 saturated carbocycles. The molecular formula is C11H21O8P. The molecule has 2 aliphatic heterocycles. The second-order valence-electron chi connectivity index (χ2n) is 5.31. The molecule has 0 aromatic carbocycles. The Morgan fingerprint density at radius 1 is 1.25 bits per heavy atom. The number of methoxy groups -OCH3 is 1. The van der Waals surface area contributed by atoms with Gasteiger partial charge in [0, 0.05) is 7.11 Å². The van der Waals surface area contributed by atoms with Gasteiger partial charge < -0.3 is 33.5 Å². The van der Waals surface area contributed by atoms with Crippen molar-refractivity contribution < 1.29 is 38.0 Å². The van der Waals surface area contributed by atoms with Crippen molar-refractivity contribution in [1.82, 2.24) is 0 Å². The highest BCUT2D eigenvalue weighted by Gasteiger charge is 2.55. The first kappa shape index (κ1) is 16.3. The van der Waals surface area contributed by atoms with Gasteiger partial charge in [0.25, 0.3) is 0 Å². The van der Waals surface area contributed by atoms with Crippen LogP contribution in [0.25, 0.3) is 0 Å². The van der Waals surface area contributed by atoms with E-state index in [1.54, 1.807) is 0 Å². The molecule has 2 N–H and O–H groups in total. The lowest BCUT2D eigenvalue weighted by atomic mass is 10.1. The lowest BCUT2D eigenvalue weighted by molar-refractivity contribution is -0.231. The molecule has 0 amide bonds. The quantitative estimate of drug-likeness (QED) is 0.525. The molecule has 0 aromatic heterocycles. The second kappa shape index (κ2) is 5.98. The van der Waals surface area contributed by atoms with E-state index in [1.807, 2.05) is 13.8 Å². The fourth-order valence-corrected chi connectivity index (χ4v) is 2.72. The zero-order valence-electron chi connectivity index (χ0n) is 11.7. The van der Waals surface area contributed by atoms with E-state index < -0.39 is 19.7 Å². The van der Waals surface area contributed by atoms with Gasteiger partial charge in [0.15, 0.2) is 12.1 Å². The van der Waals surface area contributed by atoms with E-state index in [2.05, 4.69) is 0 Å². The predicted octanol–water partition coefficient (Wildman–Crippen LogP) is 0.0721. The van der Waals surface area contributed by atoms with Crippen LogP contribution in [0.4, 0.5) is 0 Å². The lowest BCUT2D eigenvalue weighted by Gasteiger charge is -2.23. The summed E-state index contributed by atoms with van der Waals surface area (Å²) < 4.78 is 38.2. The maximum absolute atomic E-state index is 10.7. The third kappa shape index (κ3) is 3.99. The van der Waals surface area contributed by atoms with E-state index >= 15 is 0 Å². The topological polar surface area (TPSA) is 104 Å². The Labute approximate surface area is 117 Å². The molecule has 0 spiro atoms. The predicted molar refractivity (Wildman–Crippen MR) is 67.2 cm³/mol. The van der Waals surface area contributed by atoms with Gasteiger partial charge in [-0.3, -0.25) is 4.57 Å². The van der Waals surface area contributed by atoms with Crippen molar-refractivity contribution in [2.45, 2.75) is 44.2 Å². The molecule has 2 fully saturated rings. The van der Waals surface area contributed by atoms with Gasteiger partial charge in [-0.1, -0.05) is 0 Å². The van der Waals surface area contributed by atoms with Crippen molar-refractivity contribution in [3.8, 4) is 0 Å². The lowest BCUT2D eigenvalue weighted by Crippen LogP contribution is -2.33. The van der Waals surface area contributed by atoms with Crippen molar-refractivity contribution >= 4 is 7.60 Å². The summed E-state index contributed by atoms with van der Waals surface area (Å²) >= 11 is 0. The number of rotatable bonds is 6. The summed E-state index contributed by atoms with van der Waals surface area (Å²) in [5.41, 5.74) is 0. The first-order valence-corrected chi connectivity index (χ1v) is 8.18. The summed E-state index contributed by atoms with van der Waals surface area (Å²) in [4.78, 5) is 17.5. The standard InChI is InChI=1S/C11H21O8P/c1-11(2)18-8-7(6-16-4-5-20(12,13)14)17-10(15-3)9(8)19-11/h7-10H,4-6H2,1-3H3,(H2,12,13,14)/t7-,8-,9-,10?/m1/s1. The Kier molecular flexibility index (Phi) is 4.88. The molecule has 8 nitrogen and oxygen atoms in total. The third-order valence-electron chi connectivity index (χ3n) is 3.15. The average molecular weight is 312 g/mol. The maximum Gasteiger partial charge on any atom is 0.327 e. The van der Waals surface area contributed by atoms with Gasteiger partial charge in [0.05, 0.1) is 19.4 Å². The van der Waals surface area contributed by atoms with E-state index in [-0.39, 0.29) is 37.7 Å². The van der Waals surface area contributed by atoms with Gasteiger partial charge in [-0.05, 0) is 13.8 Å². The molecule has 2 aliphatic rings. The molecule has 2 saturated heterocycles. The first-order valence-electron chi connectivity index (χ1n) is 6.38. The molecule has 0 bridgehead atoms. The Morgan fingerprint density at radius 3 is 2.50 bits per heavy atom. The molecule has 0 aliphatic carbocycles. The fraction of sp³-hybridized carbons (Fsp3) is 1.00. The molecule has 0 radical (unpaired) electrons. The molecule has 20 heavy (non-hydrogen) atoms. The molecule has 9 heteroatoms. The smallest absolute Gasteiger partial charge is 0.327 e. The minimum absolute atomic E-state index is 0.0383. The third-order valence-corrected chi connectivity index (χ3v) is 3.91. The molecule has 2 heterocycles. The zero-order chi connectivity index (χ0) is 15.0. The van der Waals surface area contributed by atoms with E-state index in [9.17, 15) is 4.57 Å². The fourth-order valence-electron chi connectivity index (χ4n) is 2.35. The van der Waals surface area contributed by atoms with Gasteiger partial charge in [-0.15, -0.1) is 0 Å². The van der Waals surface area contributed by atoms with Crippen molar-refractivity contribution in [3.05, 3.63) is 0 Å². The van der Waals surface area contributed by atoms with Crippen LogP contribution in [0.1, 0.15) is 13.8 Å². The summed E-state index contributed by atoms with van der Waals surface area (Å²) in [5.74, 6) is -0.708. The van der Waals surface area contributed by atoms with Gasteiger partial charge in [0.2, 0.25) is 0 Å². The Morgan fingerprint density at radius 2 is 1.90 bits per heavy atom. The molecule has 118 valence electrons. The highest BCUT2D eigenvalue weighted by molar-refractivity contribution is 7.51. The summed E-state index contributed by atoms with van der Waals surface area (Å²) in [6, 6.07) is 0. The second-order valence-corrected chi connectivity index (χ2v) is 7.08. The van der Waals surface area contributed by atoms with Crippen LogP contribution in [0, 0.1) is 0 Å². The van der Waals surface area contributed by atoms with Gasteiger partial charge in [0.1, 0.15) is 18.3 Å². The monoisotopic (exact) mass is 312 g/mol. The van der Waals surface area contributed by atoms with Crippen LogP contribution in [0.15, 0.2) is 0 Å². The van der Waals surface area contributed by atoms with E-state index in [4.69, 9.17) is 33.5 Å². The van der Waals surface area contributed by atoms with E-state index in [1.165, 1.54) is 7.11 Å². The first-order chi connectivity index (χ1) is 9.22. The van der Waals surface area contributed by atoms with Gasteiger partial charge in [-0.25, -0.2) is 0 Å². The van der Waals surface area contributed by atoms with Crippen molar-refractivity contribution in [2.75, 3.05) is 26.5 Å². The summed E-state index contributed by atoms with van der Waals surface area (Å²) in [5, 5.41) is 0. The normalized spacial score (nSPS) is 36.2. The number of fused-ring (bicyclic) bond motifs is 1. The van der Waals surface area contributed by atoms with Crippen molar-refractivity contribution in [2.24, 2.45) is 0 Å². The molecule has 1 unspecified atom stereocenters. The summed E-state index contributed by atoms with van der Waals surface area (Å²) in [6.45, 7) is 3.75. The Balaban J connectivity index is 1.84. The molecular weight excluding hydrogens is 291 g/mol. The van der Waals surface area contributed by atoms with Crippen LogP contribution < -0.4 is 0 Å². The average Bonchev–Trinajstić information content (AvgIpc) is 2.77. The van der Waals surface area contributed by atoms with Crippen LogP contribution in [0.2, 0.25) is 0 Å². The Hall–Kier alpha value is -0.0500. The van der Waals surface area contributed by atoms with E-state index in [0.717, 1.165) is 0 Å². The number of ether oxygens (including phenoxy) is 5. The summed E-state index contributed by atoms with van der Waals surface area (Å²) in [6.07, 6.45) is -1.87. The van der Waals surface area contributed by atoms with Crippen LogP contribution in [0.5, 0.6) is 0 Å². The van der Waals surface area contributed by atoms with Crippen LogP contribution in [0.3, 0.4) is 0 Å². The largest absolute Gasteiger partial charge is 0.378 e. The minimum atomic E-state index is -4.03. The van der Waals surface area contributed by atoms with Gasteiger partial charge in [-0.2, -0.15) is 0 Å². The number of hydrogen-bond acceptors (Lipinski definition) is 6. The van der Waals surface area contributed by atoms with Crippen LogP contribution >= 0.6 is 7.60 Å². The minimum Gasteiger partial charge on any atom is -0.378 e. The molecule has 0 aromatic rings. The highest BCUT2D eigenvalue weighted by Crippen LogP contribution is 2.39. The number of hydrogen-bond donors (Lipinski definition) is 2. The Bertz CT molecular complexity index is 381. The van der Waals surface area contributed by atoms with Crippen molar-refractivity contribution in [3.63, 3.8) is 0 Å². The molecule has 2 rings (SSSR count). The SMILES string of the molecule is COC1O[C@H](COCCP(=O)(O)O)[C@H]2OC(C)(C)O[C@@H]12. The maximum atomic E-state index is 10.7. The summed E-state index contributed by atoms with van der Waals surface area (Å²) in [7, 11) is -2.51. The highest BCUT2D eigenvalue weighted by atomic mass is 31.2. The van der Waals surface area contributed by atoms with Crippen LogP contribution in [-0.4, -0.2) is 66.7 Å².